The van der Waals surface area contributed by atoms with Crippen molar-refractivity contribution in [2.45, 2.75) is 25.4 Å². The van der Waals surface area contributed by atoms with Gasteiger partial charge in [0, 0.05) is 25.7 Å². The second-order valence-corrected chi connectivity index (χ2v) is 5.25. The third kappa shape index (κ3) is 5.12. The van der Waals surface area contributed by atoms with Crippen LogP contribution in [0.3, 0.4) is 0 Å². The van der Waals surface area contributed by atoms with Gasteiger partial charge in [-0.25, -0.2) is 0 Å². The highest BCUT2D eigenvalue weighted by Gasteiger charge is 2.16. The smallest absolute Gasteiger partial charge is 0.122 e. The number of ether oxygens (including phenoxy) is 2. The lowest BCUT2D eigenvalue weighted by atomic mass is 10.0. The van der Waals surface area contributed by atoms with Crippen LogP contribution in [0.25, 0.3) is 0 Å². The first-order chi connectivity index (χ1) is 9.62. The maximum Gasteiger partial charge on any atom is 0.122 e. The maximum atomic E-state index is 5.42. The van der Waals surface area contributed by atoms with Crippen molar-refractivity contribution < 1.29 is 9.47 Å². The normalized spacial score (nSPS) is 14.3. The van der Waals surface area contributed by atoms with E-state index in [0.29, 0.717) is 12.1 Å². The Bertz CT molecular complexity index is 384. The molecule has 0 aliphatic carbocycles. The molecule has 0 aliphatic rings. The Labute approximate surface area is 123 Å². The number of methoxy groups -OCH3 is 2. The number of para-hydroxylation sites is 1. The van der Waals surface area contributed by atoms with Crippen molar-refractivity contribution in [1.29, 1.82) is 0 Å². The number of rotatable bonds is 9. The molecular formula is C16H28N2O2. The van der Waals surface area contributed by atoms with Gasteiger partial charge in [-0.3, -0.25) is 0 Å². The number of hydrogen-bond donors (Lipinski definition) is 1. The Hall–Kier alpha value is -1.10. The molecule has 1 N–H and O–H groups in total. The van der Waals surface area contributed by atoms with Crippen molar-refractivity contribution >= 4 is 0 Å². The lowest BCUT2D eigenvalue weighted by molar-refractivity contribution is 0.138. The van der Waals surface area contributed by atoms with Crippen LogP contribution >= 0.6 is 0 Å². The molecule has 0 saturated carbocycles. The third-order valence-corrected chi connectivity index (χ3v) is 3.74. The Balaban J connectivity index is 2.58. The van der Waals surface area contributed by atoms with Crippen molar-refractivity contribution in [3.8, 4) is 5.75 Å². The van der Waals surface area contributed by atoms with E-state index >= 15 is 0 Å². The van der Waals surface area contributed by atoms with Crippen molar-refractivity contribution in [1.82, 2.24) is 10.2 Å². The molecular weight excluding hydrogens is 252 g/mol. The summed E-state index contributed by atoms with van der Waals surface area (Å²) in [5.74, 6) is 0.967. The van der Waals surface area contributed by atoms with Crippen LogP contribution < -0.4 is 10.1 Å². The number of nitrogens with one attached hydrogen (secondary N) is 1. The molecule has 4 nitrogen and oxygen atoms in total. The lowest BCUT2D eigenvalue weighted by Gasteiger charge is -2.29. The zero-order valence-corrected chi connectivity index (χ0v) is 13.3. The molecule has 1 rings (SSSR count). The minimum absolute atomic E-state index is 0.352. The van der Waals surface area contributed by atoms with Gasteiger partial charge in [-0.05, 0) is 39.1 Å². The molecule has 1 aromatic rings. The molecule has 0 aliphatic heterocycles. The molecule has 20 heavy (non-hydrogen) atoms. The van der Waals surface area contributed by atoms with E-state index in [9.17, 15) is 0 Å². The summed E-state index contributed by atoms with van der Waals surface area (Å²) in [5, 5.41) is 3.28. The van der Waals surface area contributed by atoms with Crippen molar-refractivity contribution in [2.24, 2.45) is 0 Å². The molecule has 0 fully saturated rings. The van der Waals surface area contributed by atoms with Gasteiger partial charge in [-0.1, -0.05) is 18.2 Å². The lowest BCUT2D eigenvalue weighted by Crippen LogP contribution is -2.44. The van der Waals surface area contributed by atoms with Gasteiger partial charge in [-0.2, -0.15) is 0 Å². The van der Waals surface area contributed by atoms with Crippen LogP contribution in [0.2, 0.25) is 0 Å². The van der Waals surface area contributed by atoms with Gasteiger partial charge in [0.25, 0.3) is 0 Å². The zero-order chi connectivity index (χ0) is 15.0. The van der Waals surface area contributed by atoms with E-state index in [0.717, 1.165) is 25.3 Å². The predicted molar refractivity (Wildman–Crippen MR) is 83.5 cm³/mol. The van der Waals surface area contributed by atoms with Crippen LogP contribution in [0.5, 0.6) is 5.75 Å². The second-order valence-electron chi connectivity index (χ2n) is 5.25. The summed E-state index contributed by atoms with van der Waals surface area (Å²) in [6, 6.07) is 9.01. The molecule has 1 aromatic carbocycles. The summed E-state index contributed by atoms with van der Waals surface area (Å²) in [6.45, 7) is 3.93. The van der Waals surface area contributed by atoms with E-state index in [1.54, 1.807) is 14.2 Å². The highest BCUT2D eigenvalue weighted by atomic mass is 16.5. The van der Waals surface area contributed by atoms with Gasteiger partial charge in [0.05, 0.1) is 13.7 Å². The number of likely N-dealkylation sites (N-methyl/N-ethyl adjacent to an activating group) is 2. The molecule has 2 unspecified atom stereocenters. The van der Waals surface area contributed by atoms with Crippen LogP contribution in [0.1, 0.15) is 12.5 Å². The minimum Gasteiger partial charge on any atom is -0.496 e. The Morgan fingerprint density at radius 1 is 1.25 bits per heavy atom. The first-order valence-corrected chi connectivity index (χ1v) is 7.10. The van der Waals surface area contributed by atoms with Crippen molar-refractivity contribution in [3.05, 3.63) is 29.8 Å². The fourth-order valence-electron chi connectivity index (χ4n) is 2.30. The summed E-state index contributed by atoms with van der Waals surface area (Å²) < 4.78 is 10.6. The largest absolute Gasteiger partial charge is 0.496 e. The summed E-state index contributed by atoms with van der Waals surface area (Å²) in [6.07, 6.45) is 0.976. The van der Waals surface area contributed by atoms with Gasteiger partial charge in [-0.15, -0.1) is 0 Å². The highest BCUT2D eigenvalue weighted by molar-refractivity contribution is 5.33. The van der Waals surface area contributed by atoms with E-state index in [4.69, 9.17) is 9.47 Å². The van der Waals surface area contributed by atoms with E-state index in [2.05, 4.69) is 36.3 Å². The summed E-state index contributed by atoms with van der Waals surface area (Å²) >= 11 is 0. The molecule has 0 aromatic heterocycles. The second kappa shape index (κ2) is 8.95. The number of nitrogens with zero attached hydrogens (tertiary/aromatic N) is 1. The monoisotopic (exact) mass is 280 g/mol. The van der Waals surface area contributed by atoms with Gasteiger partial charge in [0.2, 0.25) is 0 Å². The fourth-order valence-corrected chi connectivity index (χ4v) is 2.30. The van der Waals surface area contributed by atoms with Gasteiger partial charge in [0.15, 0.2) is 0 Å². The minimum atomic E-state index is 0.352. The van der Waals surface area contributed by atoms with Crippen LogP contribution in [0.15, 0.2) is 24.3 Å². The molecule has 0 spiro atoms. The quantitative estimate of drug-likeness (QED) is 0.748. The molecule has 4 heteroatoms. The van der Waals surface area contributed by atoms with Crippen LogP contribution in [0.4, 0.5) is 0 Å². The van der Waals surface area contributed by atoms with Crippen molar-refractivity contribution in [3.63, 3.8) is 0 Å². The third-order valence-electron chi connectivity index (χ3n) is 3.74. The SMILES string of the molecule is CNC(COC)CN(C)C(C)Cc1ccccc1OC. The molecule has 0 amide bonds. The van der Waals surface area contributed by atoms with E-state index < -0.39 is 0 Å². The molecule has 0 heterocycles. The van der Waals surface area contributed by atoms with Crippen LogP contribution in [0, 0.1) is 0 Å². The number of hydrogen-bond acceptors (Lipinski definition) is 4. The van der Waals surface area contributed by atoms with E-state index in [1.165, 1.54) is 5.56 Å². The fraction of sp³-hybridized carbons (Fsp3) is 0.625. The summed E-state index contributed by atoms with van der Waals surface area (Å²) in [5.41, 5.74) is 1.25. The summed E-state index contributed by atoms with van der Waals surface area (Å²) in [7, 11) is 7.59. The standard InChI is InChI=1S/C16H28N2O2/c1-13(18(3)11-15(17-2)12-19-4)10-14-8-6-7-9-16(14)20-5/h6-9,13,15,17H,10-12H2,1-5H3. The summed E-state index contributed by atoms with van der Waals surface area (Å²) in [4.78, 5) is 2.35. The Kier molecular flexibility index (Phi) is 7.59. The Morgan fingerprint density at radius 3 is 2.55 bits per heavy atom. The Morgan fingerprint density at radius 2 is 1.95 bits per heavy atom. The average Bonchev–Trinajstić information content (AvgIpc) is 2.47. The van der Waals surface area contributed by atoms with E-state index in [-0.39, 0.29) is 0 Å². The zero-order valence-electron chi connectivity index (χ0n) is 13.3. The molecule has 114 valence electrons. The van der Waals surface area contributed by atoms with Gasteiger partial charge < -0.3 is 19.7 Å². The van der Waals surface area contributed by atoms with Gasteiger partial charge in [0.1, 0.15) is 5.75 Å². The maximum absolute atomic E-state index is 5.42. The predicted octanol–water partition coefficient (Wildman–Crippen LogP) is 1.79. The average molecular weight is 280 g/mol. The van der Waals surface area contributed by atoms with Crippen molar-refractivity contribution in [2.75, 3.05) is 41.5 Å². The molecule has 0 radical (unpaired) electrons. The van der Waals surface area contributed by atoms with E-state index in [1.807, 2.05) is 19.2 Å². The molecule has 2 atom stereocenters. The molecule has 0 bridgehead atoms. The van der Waals surface area contributed by atoms with Crippen LogP contribution in [-0.2, 0) is 11.2 Å². The van der Waals surface area contributed by atoms with Crippen LogP contribution in [-0.4, -0.2) is 58.5 Å². The topological polar surface area (TPSA) is 33.7 Å². The highest BCUT2D eigenvalue weighted by Crippen LogP contribution is 2.20. The first kappa shape index (κ1) is 17.0. The first-order valence-electron chi connectivity index (χ1n) is 7.10. The molecule has 0 saturated heterocycles. The number of benzene rings is 1. The van der Waals surface area contributed by atoms with Gasteiger partial charge >= 0.3 is 0 Å².